The molecule has 0 unspecified atom stereocenters. The van der Waals surface area contributed by atoms with Gasteiger partial charge < -0.3 is 10.1 Å². The molecule has 1 aliphatic rings. The predicted molar refractivity (Wildman–Crippen MR) is 78.2 cm³/mol. The van der Waals surface area contributed by atoms with E-state index in [1.165, 1.54) is 11.0 Å². The summed E-state index contributed by atoms with van der Waals surface area (Å²) in [5, 5.41) is 13.9. The van der Waals surface area contributed by atoms with Gasteiger partial charge in [0.05, 0.1) is 17.4 Å². The molecule has 7 nitrogen and oxygen atoms in total. The van der Waals surface area contributed by atoms with E-state index in [9.17, 15) is 4.79 Å². The smallest absolute Gasteiger partial charge is 0.253 e. The molecule has 8 heteroatoms. The quantitative estimate of drug-likeness (QED) is 0.898. The van der Waals surface area contributed by atoms with Gasteiger partial charge in [-0.05, 0) is 41.5 Å². The summed E-state index contributed by atoms with van der Waals surface area (Å²) in [5.41, 5.74) is 1.14. The highest BCUT2D eigenvalue weighted by atomic mass is 79.9. The van der Waals surface area contributed by atoms with Crippen LogP contribution in [0.5, 0.6) is 0 Å². The molecule has 2 aromatic rings. The number of aromatic nitrogens is 4. The molecule has 0 spiro atoms. The molecule has 21 heavy (non-hydrogen) atoms. The average molecular weight is 352 g/mol. The van der Waals surface area contributed by atoms with E-state index in [1.807, 2.05) is 6.07 Å². The molecule has 3 rings (SSSR count). The Morgan fingerprint density at radius 1 is 1.52 bits per heavy atom. The first-order valence-corrected chi connectivity index (χ1v) is 7.46. The van der Waals surface area contributed by atoms with Crippen molar-refractivity contribution < 1.29 is 9.53 Å². The van der Waals surface area contributed by atoms with Gasteiger partial charge in [-0.25, -0.2) is 0 Å². The van der Waals surface area contributed by atoms with Crippen LogP contribution >= 0.6 is 15.9 Å². The van der Waals surface area contributed by atoms with E-state index in [-0.39, 0.29) is 12.0 Å². The second-order valence-corrected chi connectivity index (χ2v) is 5.68. The molecule has 1 amide bonds. The molecular formula is C13H14BrN5O2. The Morgan fingerprint density at radius 2 is 2.43 bits per heavy atom. The summed E-state index contributed by atoms with van der Waals surface area (Å²) in [6.07, 6.45) is 3.60. The van der Waals surface area contributed by atoms with Crippen molar-refractivity contribution in [1.82, 2.24) is 25.5 Å². The third kappa shape index (κ3) is 3.27. The van der Waals surface area contributed by atoms with Gasteiger partial charge in [0.15, 0.2) is 0 Å². The molecular weight excluding hydrogens is 338 g/mol. The number of carbonyl (C=O) groups is 1. The zero-order chi connectivity index (χ0) is 14.7. The van der Waals surface area contributed by atoms with Crippen molar-refractivity contribution >= 4 is 21.8 Å². The number of benzene rings is 1. The molecule has 1 aliphatic heterocycles. The number of amides is 1. The van der Waals surface area contributed by atoms with E-state index in [4.69, 9.17) is 4.74 Å². The van der Waals surface area contributed by atoms with Gasteiger partial charge in [-0.3, -0.25) is 4.79 Å². The molecule has 1 N–H and O–H groups in total. The van der Waals surface area contributed by atoms with Crippen LogP contribution in [0.4, 0.5) is 0 Å². The van der Waals surface area contributed by atoms with E-state index >= 15 is 0 Å². The normalized spacial score (nSPS) is 17.9. The number of nitrogens with one attached hydrogen (secondary N) is 1. The molecule has 0 saturated carbocycles. The first kappa shape index (κ1) is 14.2. The van der Waals surface area contributed by atoms with Crippen LogP contribution in [-0.4, -0.2) is 45.4 Å². The van der Waals surface area contributed by atoms with Gasteiger partial charge in [0.25, 0.3) is 5.91 Å². The van der Waals surface area contributed by atoms with Gasteiger partial charge in [0, 0.05) is 17.6 Å². The highest BCUT2D eigenvalue weighted by Gasteiger charge is 2.19. The molecule has 1 aromatic carbocycles. The maximum Gasteiger partial charge on any atom is 0.253 e. The van der Waals surface area contributed by atoms with E-state index in [0.29, 0.717) is 17.8 Å². The minimum Gasteiger partial charge on any atom is -0.376 e. The molecule has 1 saturated heterocycles. The Labute approximate surface area is 129 Å². The van der Waals surface area contributed by atoms with E-state index in [2.05, 4.69) is 36.8 Å². The third-order valence-electron chi connectivity index (χ3n) is 3.31. The van der Waals surface area contributed by atoms with Gasteiger partial charge in [-0.15, -0.1) is 5.10 Å². The molecule has 1 fully saturated rings. The highest BCUT2D eigenvalue weighted by Crippen LogP contribution is 2.19. The fourth-order valence-electron chi connectivity index (χ4n) is 2.27. The standard InChI is InChI=1S/C13H14BrN5O2/c14-9-3-4-12(19-8-16-17-18-19)11(6-9)13(20)15-7-10-2-1-5-21-10/h3-4,6,8,10H,1-2,5,7H2,(H,15,20)/t10-/m0/s1. The monoisotopic (exact) mass is 351 g/mol. The Balaban J connectivity index is 1.79. The summed E-state index contributed by atoms with van der Waals surface area (Å²) in [6, 6.07) is 5.39. The molecule has 1 aromatic heterocycles. The lowest BCUT2D eigenvalue weighted by Crippen LogP contribution is -2.32. The molecule has 2 heterocycles. The van der Waals surface area contributed by atoms with Crippen LogP contribution in [0.1, 0.15) is 23.2 Å². The topological polar surface area (TPSA) is 81.9 Å². The Bertz CT molecular complexity index is 625. The van der Waals surface area contributed by atoms with Crippen LogP contribution < -0.4 is 5.32 Å². The fourth-order valence-corrected chi connectivity index (χ4v) is 2.63. The molecule has 1 atom stereocenters. The van der Waals surface area contributed by atoms with Crippen LogP contribution in [-0.2, 0) is 4.74 Å². The number of ether oxygens (including phenoxy) is 1. The summed E-state index contributed by atoms with van der Waals surface area (Å²) in [5.74, 6) is -0.169. The van der Waals surface area contributed by atoms with Crippen LogP contribution in [0.15, 0.2) is 29.0 Å². The Morgan fingerprint density at radius 3 is 3.14 bits per heavy atom. The minimum atomic E-state index is -0.169. The molecule has 0 bridgehead atoms. The number of hydrogen-bond donors (Lipinski definition) is 1. The van der Waals surface area contributed by atoms with Crippen LogP contribution in [0.25, 0.3) is 5.69 Å². The van der Waals surface area contributed by atoms with Crippen LogP contribution in [0.2, 0.25) is 0 Å². The van der Waals surface area contributed by atoms with Gasteiger partial charge in [-0.2, -0.15) is 4.68 Å². The van der Waals surface area contributed by atoms with Gasteiger partial charge in [0.2, 0.25) is 0 Å². The summed E-state index contributed by atoms with van der Waals surface area (Å²) in [6.45, 7) is 1.29. The number of halogens is 1. The van der Waals surface area contributed by atoms with E-state index in [0.717, 1.165) is 23.9 Å². The van der Waals surface area contributed by atoms with Crippen molar-refractivity contribution in [2.45, 2.75) is 18.9 Å². The maximum absolute atomic E-state index is 12.4. The first-order chi connectivity index (χ1) is 10.2. The SMILES string of the molecule is O=C(NC[C@@H]1CCCO1)c1cc(Br)ccc1-n1cnnn1. The molecule has 0 aliphatic carbocycles. The lowest BCUT2D eigenvalue weighted by atomic mass is 10.1. The third-order valence-corrected chi connectivity index (χ3v) is 3.81. The van der Waals surface area contributed by atoms with Crippen molar-refractivity contribution in [2.24, 2.45) is 0 Å². The number of carbonyl (C=O) groups excluding carboxylic acids is 1. The summed E-state index contributed by atoms with van der Waals surface area (Å²) in [7, 11) is 0. The predicted octanol–water partition coefficient (Wildman–Crippen LogP) is 1.33. The number of nitrogens with zero attached hydrogens (tertiary/aromatic N) is 4. The first-order valence-electron chi connectivity index (χ1n) is 6.67. The second kappa shape index (κ2) is 6.31. The summed E-state index contributed by atoms with van der Waals surface area (Å²) in [4.78, 5) is 12.4. The van der Waals surface area contributed by atoms with Crippen molar-refractivity contribution in [1.29, 1.82) is 0 Å². The largest absolute Gasteiger partial charge is 0.376 e. The Hall–Kier alpha value is -1.80. The zero-order valence-corrected chi connectivity index (χ0v) is 12.8. The van der Waals surface area contributed by atoms with Crippen molar-refractivity contribution in [3.63, 3.8) is 0 Å². The average Bonchev–Trinajstić information content (AvgIpc) is 3.18. The lowest BCUT2D eigenvalue weighted by Gasteiger charge is -2.13. The minimum absolute atomic E-state index is 0.109. The van der Waals surface area contributed by atoms with Gasteiger partial charge in [-0.1, -0.05) is 15.9 Å². The van der Waals surface area contributed by atoms with Crippen LogP contribution in [0.3, 0.4) is 0 Å². The number of rotatable bonds is 4. The maximum atomic E-state index is 12.4. The lowest BCUT2D eigenvalue weighted by molar-refractivity contribution is 0.0857. The summed E-state index contributed by atoms with van der Waals surface area (Å²) < 4.78 is 7.79. The highest BCUT2D eigenvalue weighted by molar-refractivity contribution is 9.10. The van der Waals surface area contributed by atoms with E-state index < -0.39 is 0 Å². The fraction of sp³-hybridized carbons (Fsp3) is 0.385. The van der Waals surface area contributed by atoms with Gasteiger partial charge in [0.1, 0.15) is 6.33 Å². The van der Waals surface area contributed by atoms with Gasteiger partial charge >= 0.3 is 0 Å². The Kier molecular flexibility index (Phi) is 4.26. The van der Waals surface area contributed by atoms with Crippen molar-refractivity contribution in [3.8, 4) is 5.69 Å². The van der Waals surface area contributed by atoms with Crippen molar-refractivity contribution in [2.75, 3.05) is 13.2 Å². The molecule has 110 valence electrons. The molecule has 0 radical (unpaired) electrons. The van der Waals surface area contributed by atoms with Crippen molar-refractivity contribution in [3.05, 3.63) is 34.6 Å². The zero-order valence-electron chi connectivity index (χ0n) is 11.2. The van der Waals surface area contributed by atoms with Crippen LogP contribution in [0, 0.1) is 0 Å². The number of tetrazole rings is 1. The number of hydrogen-bond acceptors (Lipinski definition) is 5. The van der Waals surface area contributed by atoms with E-state index in [1.54, 1.807) is 12.1 Å². The summed E-state index contributed by atoms with van der Waals surface area (Å²) >= 11 is 3.38. The second-order valence-electron chi connectivity index (χ2n) is 4.76.